The van der Waals surface area contributed by atoms with E-state index in [1.165, 1.54) is 7.28 Å². The minimum Gasteiger partial charge on any atom is -0.379 e. The van der Waals surface area contributed by atoms with Crippen LogP contribution < -0.4 is 5.73 Å². The zero-order chi connectivity index (χ0) is 4.28. The molecule has 0 bridgehead atoms. The highest BCUT2D eigenvalue weighted by atomic mass is 16.1. The van der Waals surface area contributed by atoms with Crippen molar-refractivity contribution in [2.75, 3.05) is 0 Å². The molecule has 0 saturated carbocycles. The maximum Gasteiger partial charge on any atom is 0.229 e. The van der Waals surface area contributed by atoms with Gasteiger partial charge in [-0.3, -0.25) is 4.79 Å². The summed E-state index contributed by atoms with van der Waals surface area (Å²) in [6.45, 7) is 1.60. The maximum absolute atomic E-state index is 9.53. The molecule has 0 saturated heterocycles. The molecule has 0 spiro atoms. The van der Waals surface area contributed by atoms with E-state index in [1.54, 1.807) is 6.82 Å². The van der Waals surface area contributed by atoms with E-state index in [0.717, 1.165) is 0 Å². The minimum absolute atomic E-state index is 0.370. The zero-order valence-electron chi connectivity index (χ0n) is 3.06. The zero-order valence-corrected chi connectivity index (χ0v) is 3.06. The minimum atomic E-state index is -0.370. The fraction of sp³-hybridized carbons (Fsp3) is 0.500. The Bertz CT molecular complexity index is 44.9. The largest absolute Gasteiger partial charge is 0.379 e. The second kappa shape index (κ2) is 1.82. The summed E-state index contributed by atoms with van der Waals surface area (Å²) in [6.07, 6.45) is 0. The van der Waals surface area contributed by atoms with Gasteiger partial charge in [0.05, 0.1) is 0 Å². The van der Waals surface area contributed by atoms with Crippen LogP contribution in [0.15, 0.2) is 0 Å². The van der Waals surface area contributed by atoms with E-state index in [1.807, 2.05) is 0 Å². The van der Waals surface area contributed by atoms with Gasteiger partial charge in [0.25, 0.3) is 0 Å². The van der Waals surface area contributed by atoms with Crippen molar-refractivity contribution in [2.24, 2.45) is 5.73 Å². The third-order valence-electron chi connectivity index (χ3n) is 0.285. The van der Waals surface area contributed by atoms with Gasteiger partial charge >= 0.3 is 0 Å². The number of carbonyl (C=O) groups excluding carboxylic acids is 1. The second-order valence-electron chi connectivity index (χ2n) is 0.691. The van der Waals surface area contributed by atoms with Crippen LogP contribution in [0.4, 0.5) is 4.79 Å². The Kier molecular flexibility index (Phi) is 1.65. The summed E-state index contributed by atoms with van der Waals surface area (Å²) in [5, 5.41) is 0. The van der Waals surface area contributed by atoms with Crippen LogP contribution in [0.5, 0.6) is 0 Å². The van der Waals surface area contributed by atoms with Crippen LogP contribution in [0.3, 0.4) is 0 Å². The molecule has 0 aromatic rings. The van der Waals surface area contributed by atoms with Crippen molar-refractivity contribution < 1.29 is 4.79 Å². The lowest BCUT2D eigenvalue weighted by Gasteiger charge is -1.70. The maximum atomic E-state index is 9.53. The molecule has 27 valence electrons. The molecule has 1 amide bonds. The highest BCUT2D eigenvalue weighted by Crippen LogP contribution is 1.51. The van der Waals surface area contributed by atoms with Crippen molar-refractivity contribution in [3.63, 3.8) is 0 Å². The summed E-state index contributed by atoms with van der Waals surface area (Å²) in [5.74, 6) is -0.370. The Labute approximate surface area is 31.6 Å². The average Bonchev–Trinajstić information content (AvgIpc) is 1.38. The molecule has 0 unspecified atom stereocenters. The number of carbonyl (C=O) groups is 1. The van der Waals surface area contributed by atoms with E-state index < -0.39 is 0 Å². The van der Waals surface area contributed by atoms with Crippen molar-refractivity contribution >= 4 is 13.1 Å². The molecule has 0 aliphatic carbocycles. The standard InChI is InChI=1S/C2H5BNO/c1-3-2(4)5/h1H3,(H2,4,5). The lowest BCUT2D eigenvalue weighted by atomic mass is 9.82. The van der Waals surface area contributed by atoms with E-state index in [2.05, 4.69) is 5.73 Å². The van der Waals surface area contributed by atoms with Gasteiger partial charge in [0.1, 0.15) is 0 Å². The van der Waals surface area contributed by atoms with Crippen molar-refractivity contribution in [2.45, 2.75) is 6.82 Å². The predicted octanol–water partition coefficient (Wildman–Crippen LogP) is -0.183. The van der Waals surface area contributed by atoms with Gasteiger partial charge in [-0.1, -0.05) is 6.82 Å². The first-order chi connectivity index (χ1) is 2.27. The van der Waals surface area contributed by atoms with Gasteiger partial charge in [0.2, 0.25) is 7.28 Å². The first-order valence-electron chi connectivity index (χ1n) is 1.36. The van der Waals surface area contributed by atoms with Crippen LogP contribution in [0.2, 0.25) is 6.82 Å². The Hall–Kier alpha value is -0.465. The molecule has 0 atom stereocenters. The molecule has 0 heterocycles. The van der Waals surface area contributed by atoms with E-state index in [0.29, 0.717) is 0 Å². The summed E-state index contributed by atoms with van der Waals surface area (Å²) in [6, 6.07) is 0. The molecular formula is C2H5BNO. The predicted molar refractivity (Wildman–Crippen MR) is 21.2 cm³/mol. The third-order valence-corrected chi connectivity index (χ3v) is 0.285. The molecule has 0 fully saturated rings. The SMILES string of the molecule is C[B]C(N)=O. The van der Waals surface area contributed by atoms with Crippen molar-refractivity contribution in [1.82, 2.24) is 0 Å². The van der Waals surface area contributed by atoms with Gasteiger partial charge < -0.3 is 5.73 Å². The summed E-state index contributed by atoms with van der Waals surface area (Å²) in [5.41, 5.74) is 4.60. The van der Waals surface area contributed by atoms with Crippen LogP contribution in [-0.4, -0.2) is 13.1 Å². The summed E-state index contributed by atoms with van der Waals surface area (Å²) in [7, 11) is 1.31. The Balaban J connectivity index is 2.85. The average molecular weight is 69.9 g/mol. The highest BCUT2D eigenvalue weighted by Gasteiger charge is 1.81. The lowest BCUT2D eigenvalue weighted by Crippen LogP contribution is -2.13. The van der Waals surface area contributed by atoms with Gasteiger partial charge in [-0.05, 0) is 0 Å². The smallest absolute Gasteiger partial charge is 0.229 e. The van der Waals surface area contributed by atoms with Crippen molar-refractivity contribution in [3.8, 4) is 0 Å². The topological polar surface area (TPSA) is 43.1 Å². The molecule has 0 rings (SSSR count). The number of hydrogen-bond donors (Lipinski definition) is 1. The number of primary amides is 1. The molecule has 0 aromatic carbocycles. The van der Waals surface area contributed by atoms with Crippen LogP contribution in [-0.2, 0) is 0 Å². The van der Waals surface area contributed by atoms with E-state index in [9.17, 15) is 4.79 Å². The van der Waals surface area contributed by atoms with Crippen LogP contribution in [0.25, 0.3) is 0 Å². The van der Waals surface area contributed by atoms with E-state index in [-0.39, 0.29) is 5.81 Å². The van der Waals surface area contributed by atoms with Crippen LogP contribution >= 0.6 is 0 Å². The molecule has 0 aliphatic heterocycles. The van der Waals surface area contributed by atoms with Gasteiger partial charge in [-0.2, -0.15) is 0 Å². The van der Waals surface area contributed by atoms with Gasteiger partial charge in [-0.25, -0.2) is 0 Å². The molecule has 0 aromatic heterocycles. The quantitative estimate of drug-likeness (QED) is 0.427. The number of hydrogen-bond acceptors (Lipinski definition) is 1. The number of rotatable bonds is 1. The van der Waals surface area contributed by atoms with Crippen molar-refractivity contribution in [1.29, 1.82) is 0 Å². The number of amides is 1. The molecule has 0 aliphatic rings. The molecule has 1 radical (unpaired) electrons. The van der Waals surface area contributed by atoms with Crippen LogP contribution in [0.1, 0.15) is 0 Å². The van der Waals surface area contributed by atoms with Crippen LogP contribution in [0, 0.1) is 0 Å². The molecule has 5 heavy (non-hydrogen) atoms. The molecule has 3 heteroatoms. The molecular weight excluding hydrogens is 64.8 g/mol. The van der Waals surface area contributed by atoms with Crippen molar-refractivity contribution in [3.05, 3.63) is 0 Å². The summed E-state index contributed by atoms with van der Waals surface area (Å²) < 4.78 is 0. The molecule has 2 N–H and O–H groups in total. The summed E-state index contributed by atoms with van der Waals surface area (Å²) in [4.78, 5) is 9.53. The van der Waals surface area contributed by atoms with Gasteiger partial charge in [-0.15, -0.1) is 0 Å². The Morgan fingerprint density at radius 2 is 2.20 bits per heavy atom. The normalized spacial score (nSPS) is 6.60. The second-order valence-corrected chi connectivity index (χ2v) is 0.691. The molecule has 2 nitrogen and oxygen atoms in total. The Morgan fingerprint density at radius 1 is 2.00 bits per heavy atom. The van der Waals surface area contributed by atoms with Gasteiger partial charge in [0, 0.05) is 0 Å². The first kappa shape index (κ1) is 4.53. The van der Waals surface area contributed by atoms with Gasteiger partial charge in [0.15, 0.2) is 5.81 Å². The monoisotopic (exact) mass is 70.0 g/mol. The lowest BCUT2D eigenvalue weighted by molar-refractivity contribution is 0.266. The highest BCUT2D eigenvalue weighted by molar-refractivity contribution is 6.72. The Morgan fingerprint density at radius 3 is 2.20 bits per heavy atom. The fourth-order valence-corrected chi connectivity index (χ4v) is 0. The number of nitrogens with two attached hydrogens (primary N) is 1. The van der Waals surface area contributed by atoms with E-state index >= 15 is 0 Å². The van der Waals surface area contributed by atoms with E-state index in [4.69, 9.17) is 0 Å². The fourth-order valence-electron chi connectivity index (χ4n) is 0. The first-order valence-corrected chi connectivity index (χ1v) is 1.36. The third kappa shape index (κ3) is 3.53. The summed E-state index contributed by atoms with van der Waals surface area (Å²) >= 11 is 0.